The Morgan fingerprint density at radius 3 is 1.74 bits per heavy atom. The molecule has 7 aromatic carbocycles. The van der Waals surface area contributed by atoms with Crippen LogP contribution in [0.25, 0.3) is 83.9 Å². The molecule has 0 amide bonds. The highest BCUT2D eigenvalue weighted by molar-refractivity contribution is 5.98. The van der Waals surface area contributed by atoms with Crippen LogP contribution >= 0.6 is 0 Å². The third-order valence-electron chi connectivity index (χ3n) is 11.5. The van der Waals surface area contributed by atoms with Crippen molar-refractivity contribution in [3.05, 3.63) is 193 Å². The zero-order chi connectivity index (χ0) is 45.0. The van der Waals surface area contributed by atoms with Gasteiger partial charge in [-0.3, -0.25) is 9.55 Å². The van der Waals surface area contributed by atoms with Gasteiger partial charge in [0.15, 0.2) is 0 Å². The number of rotatable bonds is 7. The Kier molecular flexibility index (Phi) is 9.13. The van der Waals surface area contributed by atoms with E-state index < -0.39 is 12.3 Å². The number of nitrogens with zero attached hydrogens (tertiary/aromatic N) is 3. The van der Waals surface area contributed by atoms with Crippen molar-refractivity contribution >= 4 is 11.0 Å². The van der Waals surface area contributed by atoms with E-state index in [4.69, 9.17) is 14.1 Å². The fraction of sp³-hybridized carbons (Fsp3) is 0.158. The molecule has 0 fully saturated rings. The predicted molar refractivity (Wildman–Crippen MR) is 255 cm³/mol. The third-order valence-corrected chi connectivity index (χ3v) is 11.5. The molecule has 4 heteroatoms. The number of phenolic OH excluding ortho intramolecular Hbond substituents is 1. The normalized spacial score (nSPS) is 12.9. The van der Waals surface area contributed by atoms with Crippen molar-refractivity contribution in [3.63, 3.8) is 0 Å². The minimum absolute atomic E-state index is 0.145. The molecule has 0 saturated heterocycles. The van der Waals surface area contributed by atoms with Gasteiger partial charge in [0, 0.05) is 32.7 Å². The number of para-hydroxylation sites is 1. The van der Waals surface area contributed by atoms with E-state index in [1.807, 2.05) is 108 Å². The molecule has 0 radical (unpaired) electrons. The molecule has 0 aliphatic carbocycles. The number of pyridine rings is 1. The van der Waals surface area contributed by atoms with Crippen LogP contribution in [0.1, 0.15) is 62.3 Å². The van der Waals surface area contributed by atoms with Crippen LogP contribution in [-0.2, 0) is 10.8 Å². The number of aromatic hydroxyl groups is 1. The van der Waals surface area contributed by atoms with Crippen molar-refractivity contribution in [3.8, 4) is 78.6 Å². The van der Waals surface area contributed by atoms with Gasteiger partial charge in [-0.1, -0.05) is 157 Å². The SMILES string of the molecule is [2H]C([2H])([2H])c1cc(-c2ccccc2)cc(-n2c(-c3cc(C(C)(C)C)cc(C(C)(C)C)c3O)nc3c(-c4cc(-c5ccccc5)cc(-c5cc(-c6ccccc6)ccn5)c4)cccc32)c1. The van der Waals surface area contributed by atoms with Crippen LogP contribution in [0.15, 0.2) is 176 Å². The number of imidazole rings is 1. The van der Waals surface area contributed by atoms with E-state index in [1.54, 1.807) is 12.1 Å². The van der Waals surface area contributed by atoms with Gasteiger partial charge in [-0.05, 0) is 122 Å². The van der Waals surface area contributed by atoms with E-state index in [0.717, 1.165) is 72.4 Å². The lowest BCUT2D eigenvalue weighted by Crippen LogP contribution is -2.17. The van der Waals surface area contributed by atoms with Crippen molar-refractivity contribution in [2.45, 2.75) is 59.2 Å². The van der Waals surface area contributed by atoms with Crippen LogP contribution in [0.3, 0.4) is 0 Å². The third kappa shape index (κ3) is 7.78. The molecule has 2 aromatic heterocycles. The smallest absolute Gasteiger partial charge is 0.149 e. The average Bonchev–Trinajstić information content (AvgIpc) is 3.68. The molecule has 9 aromatic rings. The predicted octanol–water partition coefficient (Wildman–Crippen LogP) is 15.0. The van der Waals surface area contributed by atoms with Crippen LogP contribution in [-0.4, -0.2) is 19.6 Å². The molecule has 300 valence electrons. The highest BCUT2D eigenvalue weighted by atomic mass is 16.3. The lowest BCUT2D eigenvalue weighted by Gasteiger charge is -2.27. The average molecular weight is 797 g/mol. The number of hydrogen-bond acceptors (Lipinski definition) is 3. The summed E-state index contributed by atoms with van der Waals surface area (Å²) in [6, 6.07) is 57.1. The molecule has 9 rings (SSSR count). The first-order valence-electron chi connectivity index (χ1n) is 22.4. The van der Waals surface area contributed by atoms with E-state index >= 15 is 0 Å². The molecular formula is C57H51N3O. The van der Waals surface area contributed by atoms with E-state index in [-0.39, 0.29) is 16.7 Å². The second-order valence-corrected chi connectivity index (χ2v) is 18.0. The highest BCUT2D eigenvalue weighted by Gasteiger charge is 2.29. The topological polar surface area (TPSA) is 50.9 Å². The molecule has 0 aliphatic rings. The van der Waals surface area contributed by atoms with Gasteiger partial charge in [0.25, 0.3) is 0 Å². The van der Waals surface area contributed by atoms with Crippen molar-refractivity contribution in [2.75, 3.05) is 0 Å². The molecule has 0 bridgehead atoms. The zero-order valence-corrected chi connectivity index (χ0v) is 35.5. The van der Waals surface area contributed by atoms with Gasteiger partial charge in [0.05, 0.1) is 22.3 Å². The summed E-state index contributed by atoms with van der Waals surface area (Å²) in [5.41, 5.74) is 13.6. The van der Waals surface area contributed by atoms with Gasteiger partial charge in [-0.15, -0.1) is 0 Å². The highest BCUT2D eigenvalue weighted by Crippen LogP contribution is 2.45. The Morgan fingerprint density at radius 2 is 1.11 bits per heavy atom. The molecule has 0 saturated carbocycles. The van der Waals surface area contributed by atoms with Crippen LogP contribution in [0.4, 0.5) is 0 Å². The van der Waals surface area contributed by atoms with Gasteiger partial charge in [0.2, 0.25) is 0 Å². The number of aromatic nitrogens is 3. The molecule has 1 N–H and O–H groups in total. The van der Waals surface area contributed by atoms with E-state index in [9.17, 15) is 5.11 Å². The van der Waals surface area contributed by atoms with Gasteiger partial charge in [-0.2, -0.15) is 0 Å². The van der Waals surface area contributed by atoms with Crippen molar-refractivity contribution < 1.29 is 9.22 Å². The largest absolute Gasteiger partial charge is 0.507 e. The molecule has 2 heterocycles. The maximum absolute atomic E-state index is 12.4. The fourth-order valence-electron chi connectivity index (χ4n) is 8.25. The molecule has 4 nitrogen and oxygen atoms in total. The fourth-order valence-corrected chi connectivity index (χ4v) is 8.25. The minimum Gasteiger partial charge on any atom is -0.507 e. The summed E-state index contributed by atoms with van der Waals surface area (Å²) in [6.45, 7) is 10.4. The number of benzene rings is 7. The number of hydrogen-bond donors (Lipinski definition) is 1. The maximum Gasteiger partial charge on any atom is 0.149 e. The standard InChI is InChI=1S/C57H51N3O/c1-37-28-42(39-20-13-9-14-21-39)33-47(29-37)60-52-25-17-24-48(53(52)59-55(60)49-35-46(56(2,3)4)36-50(54(49)61)57(5,6)7)44-30-43(40-22-15-10-16-23-40)31-45(32-44)51-34-41(26-27-58-51)38-18-11-8-12-19-38/h8-36,61H,1-7H3/i1D3. The number of fused-ring (bicyclic) bond motifs is 1. The summed E-state index contributed by atoms with van der Waals surface area (Å²) in [5, 5.41) is 12.4. The van der Waals surface area contributed by atoms with Gasteiger partial charge in [0.1, 0.15) is 11.6 Å². The van der Waals surface area contributed by atoms with Crippen molar-refractivity contribution in [1.29, 1.82) is 0 Å². The summed E-state index contributed by atoms with van der Waals surface area (Å²) < 4.78 is 27.9. The van der Waals surface area contributed by atoms with Gasteiger partial charge >= 0.3 is 0 Å². The molecular weight excluding hydrogens is 743 g/mol. The quantitative estimate of drug-likeness (QED) is 0.175. The first-order valence-corrected chi connectivity index (χ1v) is 20.9. The number of aryl methyl sites for hydroxylation is 1. The summed E-state index contributed by atoms with van der Waals surface area (Å²) in [5.74, 6) is 0.654. The van der Waals surface area contributed by atoms with E-state index in [0.29, 0.717) is 22.6 Å². The Balaban J connectivity index is 1.36. The lowest BCUT2D eigenvalue weighted by molar-refractivity contribution is 0.446. The number of phenols is 1. The van der Waals surface area contributed by atoms with Crippen LogP contribution in [0.2, 0.25) is 0 Å². The first-order chi connectivity index (χ1) is 30.5. The Morgan fingerprint density at radius 1 is 0.508 bits per heavy atom. The molecule has 0 unspecified atom stereocenters. The summed E-state index contributed by atoms with van der Waals surface area (Å²) in [7, 11) is 0. The second-order valence-electron chi connectivity index (χ2n) is 18.0. The molecule has 0 atom stereocenters. The van der Waals surface area contributed by atoms with Gasteiger partial charge < -0.3 is 5.11 Å². The van der Waals surface area contributed by atoms with Crippen LogP contribution in [0.5, 0.6) is 5.75 Å². The van der Waals surface area contributed by atoms with Crippen LogP contribution < -0.4 is 0 Å². The van der Waals surface area contributed by atoms with Crippen molar-refractivity contribution in [1.82, 2.24) is 14.5 Å². The zero-order valence-electron chi connectivity index (χ0n) is 38.5. The lowest BCUT2D eigenvalue weighted by atomic mass is 9.79. The molecule has 0 aliphatic heterocycles. The summed E-state index contributed by atoms with van der Waals surface area (Å²) in [6.07, 6.45) is 1.86. The Bertz CT molecular complexity index is 3160. The van der Waals surface area contributed by atoms with E-state index in [1.165, 1.54) is 0 Å². The summed E-state index contributed by atoms with van der Waals surface area (Å²) >= 11 is 0. The Hall–Kier alpha value is -7.04. The Labute approximate surface area is 364 Å². The minimum atomic E-state index is -2.39. The maximum atomic E-state index is 12.4. The van der Waals surface area contributed by atoms with Gasteiger partial charge in [-0.25, -0.2) is 4.98 Å². The van der Waals surface area contributed by atoms with Crippen molar-refractivity contribution in [2.24, 2.45) is 0 Å². The second kappa shape index (κ2) is 15.5. The monoisotopic (exact) mass is 796 g/mol. The molecule has 0 spiro atoms. The first kappa shape index (κ1) is 35.9. The summed E-state index contributed by atoms with van der Waals surface area (Å²) in [4.78, 5) is 10.4. The van der Waals surface area contributed by atoms with Crippen LogP contribution in [0, 0.1) is 6.85 Å². The van der Waals surface area contributed by atoms with E-state index in [2.05, 4.69) is 102 Å². The molecule has 61 heavy (non-hydrogen) atoms.